The topological polar surface area (TPSA) is 241 Å². The summed E-state index contributed by atoms with van der Waals surface area (Å²) in [6.07, 6.45) is 0. The third kappa shape index (κ3) is 8.53. The van der Waals surface area contributed by atoms with Crippen LogP contribution in [0.5, 0.6) is 0 Å². The monoisotopic (exact) mass is 634 g/mol. The minimum Gasteiger partial charge on any atom is -0.545 e. The van der Waals surface area contributed by atoms with Gasteiger partial charge in [-0.25, -0.2) is 0 Å². The van der Waals surface area contributed by atoms with Gasteiger partial charge in [-0.1, -0.05) is 48.5 Å². The van der Waals surface area contributed by atoms with E-state index in [1.807, 2.05) is 0 Å². The summed E-state index contributed by atoms with van der Waals surface area (Å²) in [6.45, 7) is 0. The summed E-state index contributed by atoms with van der Waals surface area (Å²) in [5.74, 6) is -11.0. The van der Waals surface area contributed by atoms with E-state index >= 15 is 0 Å². The molecule has 0 amide bonds. The number of carboxylic acids is 6. The Labute approximate surface area is 319 Å². The van der Waals surface area contributed by atoms with Gasteiger partial charge in [-0.05, 0) is 33.7 Å². The van der Waals surface area contributed by atoms with Crippen molar-refractivity contribution in [2.24, 2.45) is 0 Å². The van der Waals surface area contributed by atoms with Gasteiger partial charge in [-0.15, -0.1) is 0 Å². The second-order valence-corrected chi connectivity index (χ2v) is 7.52. The Kier molecular flexibility index (Phi) is 15.8. The number of rotatable bonds is 6. The first-order valence-corrected chi connectivity index (χ1v) is 10.3. The van der Waals surface area contributed by atoms with Gasteiger partial charge in [0, 0.05) is 33.4 Å². The smallest absolute Gasteiger partial charge is 0.545 e. The average molecular weight is 635 g/mol. The molecule has 4 rings (SSSR count). The summed E-state index contributed by atoms with van der Waals surface area (Å²) < 4.78 is 0. The molecule has 0 atom stereocenters. The Morgan fingerprint density at radius 3 is 0.902 bits per heavy atom. The normalized spacial score (nSPS) is 9.56. The Bertz CT molecular complexity index is 1570. The van der Waals surface area contributed by atoms with Gasteiger partial charge in [0.05, 0.1) is 35.8 Å². The van der Waals surface area contributed by atoms with Crippen LogP contribution in [0.25, 0.3) is 21.5 Å². The minimum atomic E-state index is -1.91. The van der Waals surface area contributed by atoms with Crippen LogP contribution in [0.15, 0.2) is 60.7 Å². The number of carbonyl (C=O) groups excluding carboxylic acids is 6. The van der Waals surface area contributed by atoms with Crippen LogP contribution in [-0.4, -0.2) is 149 Å². The van der Waals surface area contributed by atoms with Crippen LogP contribution < -0.4 is 30.6 Å². The molecule has 0 aromatic heterocycles. The largest absolute Gasteiger partial charge is 2.00 e. The molecule has 0 N–H and O–H groups in total. The molecule has 0 heterocycles. The number of benzene rings is 4. The molecule has 0 aliphatic heterocycles. The maximum Gasteiger partial charge on any atom is 2.00 e. The summed E-state index contributed by atoms with van der Waals surface area (Å²) in [4.78, 5) is 66.1. The van der Waals surface area contributed by atoms with Gasteiger partial charge in [0.25, 0.3) is 0 Å². The van der Waals surface area contributed by atoms with Crippen LogP contribution in [0.1, 0.15) is 62.1 Å². The van der Waals surface area contributed by atoms with E-state index < -0.39 is 69.2 Å². The fourth-order valence-electron chi connectivity index (χ4n) is 3.87. The number of hydrogen-bond donors (Lipinski definition) is 0. The van der Waals surface area contributed by atoms with Crippen molar-refractivity contribution in [1.82, 2.24) is 0 Å². The molecule has 0 radical (unpaired) electrons. The maximum atomic E-state index is 11.1. The van der Waals surface area contributed by atoms with Gasteiger partial charge in [0.1, 0.15) is 0 Å². The van der Waals surface area contributed by atoms with Gasteiger partial charge >= 0.3 is 113 Å². The summed E-state index contributed by atoms with van der Waals surface area (Å²) in [5.41, 5.74) is -4.84. The van der Waals surface area contributed by atoms with Crippen LogP contribution in [-0.2, 0) is 0 Å². The molecule has 4 aromatic carbocycles. The van der Waals surface area contributed by atoms with Gasteiger partial charge in [-0.2, -0.15) is 0 Å². The maximum absolute atomic E-state index is 11.1. The summed E-state index contributed by atoms with van der Waals surface area (Å²) in [5, 5.41) is 66.7. The third-order valence-corrected chi connectivity index (χ3v) is 5.35. The Balaban J connectivity index is 0.000000727. The fourth-order valence-corrected chi connectivity index (χ4v) is 3.87. The predicted molar refractivity (Wildman–Crippen MR) is 131 cm³/mol. The molecule has 0 aliphatic rings. The standard InChI is InChI=1S/2C13H8O6.3Ca/c2*14-11(15)8-5-6-3-1-2-4-7(6)9(12(16)17)10(8)13(18)19;;;/h2*1-5H,(H,14,15)(H,16,17)(H,18,19);;;/q;;3*+2/p-6. The van der Waals surface area contributed by atoms with E-state index in [-0.39, 0.29) is 135 Å². The number of aromatic carboxylic acids is 6. The molecule has 12 nitrogen and oxygen atoms in total. The van der Waals surface area contributed by atoms with Crippen LogP contribution >= 0.6 is 0 Å². The molecule has 0 saturated carbocycles. The van der Waals surface area contributed by atoms with Crippen LogP contribution in [0.2, 0.25) is 0 Å². The molecule has 192 valence electrons. The summed E-state index contributed by atoms with van der Waals surface area (Å²) in [7, 11) is 0. The zero-order valence-electron chi connectivity index (χ0n) is 20.8. The molecule has 41 heavy (non-hydrogen) atoms. The number of hydrogen-bond acceptors (Lipinski definition) is 12. The molecular formula is C26H10Ca3O12. The Morgan fingerprint density at radius 2 is 0.659 bits per heavy atom. The van der Waals surface area contributed by atoms with Crippen molar-refractivity contribution < 1.29 is 59.4 Å². The average Bonchev–Trinajstić information content (AvgIpc) is 2.86. The summed E-state index contributed by atoms with van der Waals surface area (Å²) >= 11 is 0. The molecule has 4 aromatic rings. The van der Waals surface area contributed by atoms with Crippen LogP contribution in [0, 0.1) is 0 Å². The molecule has 0 aliphatic carbocycles. The zero-order valence-corrected chi connectivity index (χ0v) is 27.4. The van der Waals surface area contributed by atoms with Gasteiger partial charge in [0.15, 0.2) is 0 Å². The van der Waals surface area contributed by atoms with Gasteiger partial charge in [-0.3, -0.25) is 0 Å². The van der Waals surface area contributed by atoms with Crippen molar-refractivity contribution in [3.63, 3.8) is 0 Å². The molecule has 0 bridgehead atoms. The minimum absolute atomic E-state index is 0. The molecular weight excluding hydrogens is 625 g/mol. The van der Waals surface area contributed by atoms with Crippen molar-refractivity contribution in [3.8, 4) is 0 Å². The van der Waals surface area contributed by atoms with Crippen LogP contribution in [0.4, 0.5) is 0 Å². The van der Waals surface area contributed by atoms with E-state index in [1.165, 1.54) is 36.4 Å². The first-order valence-electron chi connectivity index (χ1n) is 10.3. The predicted octanol–water partition coefficient (Wildman–Crippen LogP) is -5.28. The van der Waals surface area contributed by atoms with E-state index in [0.29, 0.717) is 0 Å². The molecule has 0 saturated heterocycles. The Morgan fingerprint density at radius 1 is 0.390 bits per heavy atom. The number of carbonyl (C=O) groups is 6. The molecule has 0 unspecified atom stereocenters. The zero-order chi connectivity index (χ0) is 28.3. The van der Waals surface area contributed by atoms with Crippen molar-refractivity contribution >= 4 is 171 Å². The van der Waals surface area contributed by atoms with Crippen molar-refractivity contribution in [2.45, 2.75) is 0 Å². The second kappa shape index (κ2) is 16.6. The quantitative estimate of drug-likeness (QED) is 0.181. The van der Waals surface area contributed by atoms with E-state index in [9.17, 15) is 59.4 Å². The van der Waals surface area contributed by atoms with Gasteiger partial charge in [0.2, 0.25) is 0 Å². The number of carboxylic acid groups (broad SMARTS) is 6. The fraction of sp³-hybridized carbons (Fsp3) is 0. The molecule has 0 spiro atoms. The molecule has 0 fully saturated rings. The first-order chi connectivity index (χ1) is 17.9. The Hall–Kier alpha value is -2.00. The number of fused-ring (bicyclic) bond motifs is 2. The summed E-state index contributed by atoms with van der Waals surface area (Å²) in [6, 6.07) is 13.8. The van der Waals surface area contributed by atoms with E-state index in [1.54, 1.807) is 12.1 Å². The second-order valence-electron chi connectivity index (χ2n) is 7.52. The first kappa shape index (κ1) is 39.0. The van der Waals surface area contributed by atoms with Crippen molar-refractivity contribution in [3.05, 3.63) is 94.0 Å². The van der Waals surface area contributed by atoms with E-state index in [4.69, 9.17) is 0 Å². The van der Waals surface area contributed by atoms with Crippen molar-refractivity contribution in [1.29, 1.82) is 0 Å². The van der Waals surface area contributed by atoms with Gasteiger partial charge < -0.3 is 59.4 Å². The van der Waals surface area contributed by atoms with Crippen molar-refractivity contribution in [2.75, 3.05) is 0 Å². The van der Waals surface area contributed by atoms with E-state index in [0.717, 1.165) is 12.1 Å². The molecule has 15 heteroatoms. The SMILES string of the molecule is O=C([O-])c1cc2ccccc2c(C(=O)[O-])c1C(=O)[O-].O=C([O-])c1cc2ccccc2c(C(=O)[O-])c1C(=O)[O-].[Ca+2].[Ca+2].[Ca+2]. The third-order valence-electron chi connectivity index (χ3n) is 5.35. The van der Waals surface area contributed by atoms with Crippen LogP contribution in [0.3, 0.4) is 0 Å². The van der Waals surface area contributed by atoms with E-state index in [2.05, 4.69) is 0 Å².